The molecule has 5 nitrogen and oxygen atoms in total. The first kappa shape index (κ1) is 23.1. The van der Waals surface area contributed by atoms with Crippen LogP contribution in [0, 0.1) is 6.92 Å². The Bertz CT molecular complexity index is 1420. The molecule has 5 aromatic rings. The molecular formula is C31H28N4O. The van der Waals surface area contributed by atoms with Crippen molar-refractivity contribution in [3.05, 3.63) is 138 Å². The van der Waals surface area contributed by atoms with Crippen molar-refractivity contribution in [2.45, 2.75) is 12.8 Å². The third kappa shape index (κ3) is 5.05. The largest absolute Gasteiger partial charge is 0.384 e. The summed E-state index contributed by atoms with van der Waals surface area (Å²) in [7, 11) is 0. The molecule has 0 fully saturated rings. The fourth-order valence-electron chi connectivity index (χ4n) is 4.40. The van der Waals surface area contributed by atoms with Gasteiger partial charge in [-0.1, -0.05) is 84.4 Å². The molecule has 0 saturated carbocycles. The van der Waals surface area contributed by atoms with E-state index < -0.39 is 0 Å². The maximum atomic E-state index is 13.0. The zero-order chi connectivity index (χ0) is 24.9. The number of hydrogen-bond donors (Lipinski definition) is 2. The highest BCUT2D eigenvalue weighted by molar-refractivity contribution is 5.94. The number of hydrogen-bond acceptors (Lipinski definition) is 3. The SMILES string of the molecule is Cc1cccc(-c2cc(N)n(-c3ccc(C(=O)NCC(c4ccccc4)c4ccccc4)cc3)n2)c1. The molecule has 1 heterocycles. The van der Waals surface area contributed by atoms with E-state index in [-0.39, 0.29) is 11.8 Å². The van der Waals surface area contributed by atoms with Gasteiger partial charge in [-0.05, 0) is 48.4 Å². The number of nitrogen functional groups attached to an aromatic ring is 1. The summed E-state index contributed by atoms with van der Waals surface area (Å²) < 4.78 is 1.69. The van der Waals surface area contributed by atoms with E-state index in [0.717, 1.165) is 33.6 Å². The van der Waals surface area contributed by atoms with Crippen LogP contribution in [0.2, 0.25) is 0 Å². The fraction of sp³-hybridized carbons (Fsp3) is 0.0968. The standard InChI is InChI=1S/C31H28N4O/c1-22-9-8-14-26(19-22)29-20-30(32)35(34-29)27-17-15-25(16-18-27)31(36)33-21-28(23-10-4-2-5-11-23)24-12-6-3-7-13-24/h2-20,28H,21,32H2,1H3,(H,33,36). The summed E-state index contributed by atoms with van der Waals surface area (Å²) in [6.07, 6.45) is 0. The molecule has 1 aromatic heterocycles. The normalized spacial score (nSPS) is 10.9. The Morgan fingerprint density at radius 1 is 0.833 bits per heavy atom. The average Bonchev–Trinajstić information content (AvgIpc) is 3.31. The number of aromatic nitrogens is 2. The van der Waals surface area contributed by atoms with Crippen LogP contribution in [0.1, 0.15) is 33.0 Å². The molecule has 0 atom stereocenters. The van der Waals surface area contributed by atoms with Gasteiger partial charge >= 0.3 is 0 Å². The van der Waals surface area contributed by atoms with Gasteiger partial charge in [0, 0.05) is 29.7 Å². The molecule has 4 aromatic carbocycles. The lowest BCUT2D eigenvalue weighted by molar-refractivity contribution is 0.0952. The van der Waals surface area contributed by atoms with Crippen molar-refractivity contribution in [3.63, 3.8) is 0 Å². The Hall–Kier alpha value is -4.64. The van der Waals surface area contributed by atoms with Gasteiger partial charge < -0.3 is 11.1 Å². The monoisotopic (exact) mass is 472 g/mol. The van der Waals surface area contributed by atoms with Gasteiger partial charge in [-0.2, -0.15) is 5.10 Å². The maximum absolute atomic E-state index is 13.0. The number of nitrogens with zero attached hydrogens (tertiary/aromatic N) is 2. The Labute approximate surface area is 211 Å². The van der Waals surface area contributed by atoms with Gasteiger partial charge in [-0.15, -0.1) is 0 Å². The molecule has 0 spiro atoms. The van der Waals surface area contributed by atoms with Crippen LogP contribution in [0.4, 0.5) is 5.82 Å². The lowest BCUT2D eigenvalue weighted by Crippen LogP contribution is -2.29. The second-order valence-corrected chi connectivity index (χ2v) is 8.87. The van der Waals surface area contributed by atoms with E-state index in [0.29, 0.717) is 17.9 Å². The molecule has 0 unspecified atom stereocenters. The third-order valence-corrected chi connectivity index (χ3v) is 6.30. The van der Waals surface area contributed by atoms with Gasteiger partial charge in [-0.25, -0.2) is 4.68 Å². The number of nitrogens with one attached hydrogen (secondary N) is 1. The average molecular weight is 473 g/mol. The first-order valence-electron chi connectivity index (χ1n) is 12.0. The molecule has 0 aliphatic heterocycles. The van der Waals surface area contributed by atoms with Crippen molar-refractivity contribution in [2.24, 2.45) is 0 Å². The molecule has 5 heteroatoms. The van der Waals surface area contributed by atoms with Gasteiger partial charge in [0.05, 0.1) is 11.4 Å². The van der Waals surface area contributed by atoms with Crippen molar-refractivity contribution >= 4 is 11.7 Å². The summed E-state index contributed by atoms with van der Waals surface area (Å²) >= 11 is 0. The van der Waals surface area contributed by atoms with Crippen LogP contribution in [0.25, 0.3) is 16.9 Å². The highest BCUT2D eigenvalue weighted by Gasteiger charge is 2.16. The molecule has 0 bridgehead atoms. The number of rotatable bonds is 7. The van der Waals surface area contributed by atoms with Crippen LogP contribution in [0.5, 0.6) is 0 Å². The zero-order valence-electron chi connectivity index (χ0n) is 20.1. The quantitative estimate of drug-likeness (QED) is 0.305. The van der Waals surface area contributed by atoms with Crippen LogP contribution >= 0.6 is 0 Å². The summed E-state index contributed by atoms with van der Waals surface area (Å²) in [5, 5.41) is 7.80. The van der Waals surface area contributed by atoms with E-state index in [1.54, 1.807) is 16.8 Å². The van der Waals surface area contributed by atoms with Gasteiger partial charge in [0.25, 0.3) is 5.91 Å². The highest BCUT2D eigenvalue weighted by atomic mass is 16.1. The topological polar surface area (TPSA) is 72.9 Å². The van der Waals surface area contributed by atoms with Crippen LogP contribution in [0.3, 0.4) is 0 Å². The molecule has 5 rings (SSSR count). The molecule has 0 saturated heterocycles. The predicted molar refractivity (Wildman–Crippen MR) is 145 cm³/mol. The summed E-state index contributed by atoms with van der Waals surface area (Å²) in [5.41, 5.74) is 13.0. The highest BCUT2D eigenvalue weighted by Crippen LogP contribution is 2.25. The van der Waals surface area contributed by atoms with Gasteiger partial charge in [0.1, 0.15) is 5.82 Å². The number of carbonyl (C=O) groups is 1. The Morgan fingerprint density at radius 2 is 1.47 bits per heavy atom. The van der Waals surface area contributed by atoms with Crippen LogP contribution < -0.4 is 11.1 Å². The lowest BCUT2D eigenvalue weighted by atomic mass is 9.91. The molecule has 178 valence electrons. The number of amides is 1. The van der Waals surface area contributed by atoms with Gasteiger partial charge in [-0.3, -0.25) is 4.79 Å². The second-order valence-electron chi connectivity index (χ2n) is 8.87. The molecule has 3 N–H and O–H groups in total. The van der Waals surface area contributed by atoms with E-state index in [2.05, 4.69) is 53.7 Å². The minimum Gasteiger partial charge on any atom is -0.384 e. The van der Waals surface area contributed by atoms with E-state index in [1.165, 1.54) is 0 Å². The van der Waals surface area contributed by atoms with E-state index in [4.69, 9.17) is 5.73 Å². The molecule has 0 radical (unpaired) electrons. The van der Waals surface area contributed by atoms with Gasteiger partial charge in [0.15, 0.2) is 0 Å². The first-order valence-corrected chi connectivity index (χ1v) is 12.0. The lowest BCUT2D eigenvalue weighted by Gasteiger charge is -2.19. The van der Waals surface area contributed by atoms with Crippen molar-refractivity contribution in [1.29, 1.82) is 0 Å². The third-order valence-electron chi connectivity index (χ3n) is 6.30. The van der Waals surface area contributed by atoms with Crippen molar-refractivity contribution in [2.75, 3.05) is 12.3 Å². The van der Waals surface area contributed by atoms with E-state index in [1.807, 2.05) is 66.7 Å². The molecule has 0 aliphatic rings. The summed E-state index contributed by atoms with van der Waals surface area (Å²) in [6.45, 7) is 2.55. The number of anilines is 1. The van der Waals surface area contributed by atoms with Crippen LogP contribution in [-0.4, -0.2) is 22.2 Å². The smallest absolute Gasteiger partial charge is 0.251 e. The summed E-state index contributed by atoms with van der Waals surface area (Å²) in [4.78, 5) is 13.0. The zero-order valence-corrected chi connectivity index (χ0v) is 20.1. The molecule has 36 heavy (non-hydrogen) atoms. The van der Waals surface area contributed by atoms with Crippen molar-refractivity contribution in [3.8, 4) is 16.9 Å². The molecule has 1 amide bonds. The Kier molecular flexibility index (Phi) is 6.63. The minimum absolute atomic E-state index is 0.0690. The van der Waals surface area contributed by atoms with Gasteiger partial charge in [0.2, 0.25) is 0 Å². The summed E-state index contributed by atoms with van der Waals surface area (Å²) in [5.74, 6) is 0.490. The van der Waals surface area contributed by atoms with Crippen molar-refractivity contribution < 1.29 is 4.79 Å². The number of nitrogens with two attached hydrogens (primary N) is 1. The molecular weight excluding hydrogens is 444 g/mol. The number of benzene rings is 4. The molecule has 0 aliphatic carbocycles. The summed E-state index contributed by atoms with van der Waals surface area (Å²) in [6, 6.07) is 37.8. The number of aryl methyl sites for hydroxylation is 1. The minimum atomic E-state index is -0.118. The predicted octanol–water partition coefficient (Wildman–Crippen LogP) is 5.99. The van der Waals surface area contributed by atoms with Crippen molar-refractivity contribution in [1.82, 2.24) is 15.1 Å². The first-order chi connectivity index (χ1) is 17.6. The second kappa shape index (κ2) is 10.3. The van der Waals surface area contributed by atoms with E-state index in [9.17, 15) is 4.79 Å². The van der Waals surface area contributed by atoms with Crippen LogP contribution in [-0.2, 0) is 0 Å². The Balaban J connectivity index is 1.31. The maximum Gasteiger partial charge on any atom is 0.251 e. The fourth-order valence-corrected chi connectivity index (χ4v) is 4.40. The number of carbonyl (C=O) groups excluding carboxylic acids is 1. The Morgan fingerprint density at radius 3 is 2.08 bits per heavy atom. The van der Waals surface area contributed by atoms with E-state index >= 15 is 0 Å². The van der Waals surface area contributed by atoms with Crippen LogP contribution in [0.15, 0.2) is 115 Å².